The second-order valence-corrected chi connectivity index (χ2v) is 6.71. The molecule has 6 nitrogen and oxygen atoms in total. The number of carbonyl (C=O) groups is 1. The number of carbonyl (C=O) groups excluding carboxylic acids is 1. The molecule has 1 aromatic heterocycles. The van der Waals surface area contributed by atoms with Crippen LogP contribution in [0.4, 0.5) is 4.39 Å². The van der Waals surface area contributed by atoms with Crippen LogP contribution in [0.3, 0.4) is 0 Å². The largest absolute Gasteiger partial charge is 0.496 e. The molecule has 2 aromatic carbocycles. The van der Waals surface area contributed by atoms with E-state index in [9.17, 15) is 9.18 Å². The number of aromatic nitrogens is 3. The second-order valence-electron chi connectivity index (χ2n) is 6.71. The molecule has 0 aliphatic heterocycles. The van der Waals surface area contributed by atoms with Gasteiger partial charge in [0.15, 0.2) is 5.69 Å². The van der Waals surface area contributed by atoms with E-state index < -0.39 is 0 Å². The first-order chi connectivity index (χ1) is 13.5. The summed E-state index contributed by atoms with van der Waals surface area (Å²) in [6, 6.07) is 13.9. The Balaban J connectivity index is 1.66. The van der Waals surface area contributed by atoms with Crippen LogP contribution in [-0.4, -0.2) is 46.0 Å². The third-order valence-corrected chi connectivity index (χ3v) is 4.70. The first-order valence-corrected chi connectivity index (χ1v) is 9.01. The number of benzene rings is 2. The fraction of sp³-hybridized carbons (Fsp3) is 0.286. The van der Waals surface area contributed by atoms with Crippen LogP contribution in [0.1, 0.15) is 28.5 Å². The lowest BCUT2D eigenvalue weighted by atomic mass is 10.0. The Kier molecular flexibility index (Phi) is 6.03. The molecule has 0 unspecified atom stereocenters. The normalized spacial score (nSPS) is 11.9. The number of ether oxygens (including phenoxy) is 1. The topological polar surface area (TPSA) is 60.2 Å². The fourth-order valence-corrected chi connectivity index (χ4v) is 2.96. The Hall–Kier alpha value is -3.22. The van der Waals surface area contributed by atoms with Gasteiger partial charge in [-0.05, 0) is 42.7 Å². The van der Waals surface area contributed by atoms with Crippen LogP contribution < -0.4 is 4.74 Å². The molecule has 0 fully saturated rings. The molecule has 3 rings (SSSR count). The van der Waals surface area contributed by atoms with E-state index in [4.69, 9.17) is 4.74 Å². The maximum Gasteiger partial charge on any atom is 0.276 e. The molecule has 1 heterocycles. The Labute approximate surface area is 163 Å². The summed E-state index contributed by atoms with van der Waals surface area (Å²) in [6.45, 7) is 2.40. The number of nitrogens with zero attached hydrogens (tertiary/aromatic N) is 4. The smallest absolute Gasteiger partial charge is 0.276 e. The van der Waals surface area contributed by atoms with E-state index >= 15 is 0 Å². The first-order valence-electron chi connectivity index (χ1n) is 9.01. The Morgan fingerprint density at radius 3 is 2.64 bits per heavy atom. The Morgan fingerprint density at radius 1 is 1.21 bits per heavy atom. The summed E-state index contributed by atoms with van der Waals surface area (Å²) in [7, 11) is 3.39. The summed E-state index contributed by atoms with van der Waals surface area (Å²) in [5.74, 6) is 0.317. The van der Waals surface area contributed by atoms with Crippen molar-refractivity contribution in [1.29, 1.82) is 0 Å². The second kappa shape index (κ2) is 8.65. The molecule has 28 heavy (non-hydrogen) atoms. The van der Waals surface area contributed by atoms with Crippen LogP contribution >= 0.6 is 0 Å². The fourth-order valence-electron chi connectivity index (χ4n) is 2.96. The first kappa shape index (κ1) is 19.5. The van der Waals surface area contributed by atoms with Crippen molar-refractivity contribution in [2.24, 2.45) is 0 Å². The van der Waals surface area contributed by atoms with Crippen LogP contribution in [0, 0.1) is 5.82 Å². The zero-order chi connectivity index (χ0) is 20.1. The summed E-state index contributed by atoms with van der Waals surface area (Å²) >= 11 is 0. The van der Waals surface area contributed by atoms with Gasteiger partial charge in [-0.25, -0.2) is 9.07 Å². The molecule has 3 aromatic rings. The highest BCUT2D eigenvalue weighted by Gasteiger charge is 2.21. The van der Waals surface area contributed by atoms with Gasteiger partial charge < -0.3 is 9.64 Å². The van der Waals surface area contributed by atoms with Crippen molar-refractivity contribution in [2.45, 2.75) is 25.9 Å². The summed E-state index contributed by atoms with van der Waals surface area (Å²) in [5.41, 5.74) is 2.19. The molecular formula is C21H23FN4O2. The minimum Gasteiger partial charge on any atom is -0.496 e. The lowest BCUT2D eigenvalue weighted by Crippen LogP contribution is -2.36. The molecule has 1 atom stereocenters. The summed E-state index contributed by atoms with van der Waals surface area (Å²) in [5, 5.41) is 8.01. The molecule has 0 saturated heterocycles. The van der Waals surface area contributed by atoms with Gasteiger partial charge in [0, 0.05) is 13.1 Å². The molecule has 0 aliphatic rings. The number of para-hydroxylation sites is 1. The van der Waals surface area contributed by atoms with E-state index in [1.54, 1.807) is 42.1 Å². The lowest BCUT2D eigenvalue weighted by molar-refractivity contribution is 0.0737. The molecule has 146 valence electrons. The van der Waals surface area contributed by atoms with Crippen LogP contribution in [0.25, 0.3) is 0 Å². The number of halogens is 1. The van der Waals surface area contributed by atoms with E-state index in [1.807, 2.05) is 31.2 Å². The third kappa shape index (κ3) is 4.54. The minimum absolute atomic E-state index is 0.0500. The molecule has 7 heteroatoms. The van der Waals surface area contributed by atoms with E-state index in [2.05, 4.69) is 10.3 Å². The average Bonchev–Trinajstić information content (AvgIpc) is 3.17. The SMILES string of the molecule is COc1ccccc1C[C@H](C)N(C)C(=O)c1cn(Cc2ccc(F)cc2)nn1. The molecular weight excluding hydrogens is 359 g/mol. The van der Waals surface area contributed by atoms with E-state index in [0.717, 1.165) is 16.9 Å². The molecule has 0 bridgehead atoms. The quantitative estimate of drug-likeness (QED) is 0.630. The Bertz CT molecular complexity index is 940. The predicted octanol–water partition coefficient (Wildman–Crippen LogP) is 3.18. The van der Waals surface area contributed by atoms with Crippen molar-refractivity contribution in [3.63, 3.8) is 0 Å². The van der Waals surface area contributed by atoms with Gasteiger partial charge in [0.25, 0.3) is 5.91 Å². The van der Waals surface area contributed by atoms with Crippen molar-refractivity contribution in [2.75, 3.05) is 14.2 Å². The number of methoxy groups -OCH3 is 1. The highest BCUT2D eigenvalue weighted by molar-refractivity contribution is 5.91. The van der Waals surface area contributed by atoms with Gasteiger partial charge in [0.1, 0.15) is 11.6 Å². The maximum absolute atomic E-state index is 13.0. The van der Waals surface area contributed by atoms with Crippen LogP contribution in [0.5, 0.6) is 5.75 Å². The van der Waals surface area contributed by atoms with Gasteiger partial charge >= 0.3 is 0 Å². The molecule has 0 N–H and O–H groups in total. The van der Waals surface area contributed by atoms with Crippen molar-refractivity contribution >= 4 is 5.91 Å². The Morgan fingerprint density at radius 2 is 1.93 bits per heavy atom. The van der Waals surface area contributed by atoms with E-state index in [-0.39, 0.29) is 23.5 Å². The zero-order valence-corrected chi connectivity index (χ0v) is 16.2. The average molecular weight is 382 g/mol. The van der Waals surface area contributed by atoms with Crippen LogP contribution in [0.15, 0.2) is 54.7 Å². The van der Waals surface area contributed by atoms with E-state index in [1.165, 1.54) is 12.1 Å². The van der Waals surface area contributed by atoms with Gasteiger partial charge in [-0.1, -0.05) is 35.5 Å². The van der Waals surface area contributed by atoms with Crippen molar-refractivity contribution in [1.82, 2.24) is 19.9 Å². The standard InChI is InChI=1S/C21H23FN4O2/c1-15(12-17-6-4-5-7-20(17)28-3)25(2)21(27)19-14-26(24-23-19)13-16-8-10-18(22)11-9-16/h4-11,14-15H,12-13H2,1-3H3/t15-/m0/s1. The number of amides is 1. The summed E-state index contributed by atoms with van der Waals surface area (Å²) < 4.78 is 20.0. The highest BCUT2D eigenvalue weighted by atomic mass is 19.1. The molecule has 0 saturated carbocycles. The number of likely N-dealkylation sites (N-methyl/N-ethyl adjacent to an activating group) is 1. The van der Waals surface area contributed by atoms with Crippen molar-refractivity contribution in [3.05, 3.63) is 77.4 Å². The predicted molar refractivity (Wildman–Crippen MR) is 104 cm³/mol. The maximum atomic E-state index is 13.0. The van der Waals surface area contributed by atoms with E-state index in [0.29, 0.717) is 13.0 Å². The third-order valence-electron chi connectivity index (χ3n) is 4.70. The van der Waals surface area contributed by atoms with Crippen molar-refractivity contribution < 1.29 is 13.9 Å². The molecule has 0 spiro atoms. The van der Waals surface area contributed by atoms with Gasteiger partial charge in [-0.3, -0.25) is 4.79 Å². The van der Waals surface area contributed by atoms with Gasteiger partial charge in [-0.2, -0.15) is 0 Å². The number of rotatable bonds is 7. The minimum atomic E-state index is -0.288. The highest BCUT2D eigenvalue weighted by Crippen LogP contribution is 2.20. The lowest BCUT2D eigenvalue weighted by Gasteiger charge is -2.24. The molecule has 0 aliphatic carbocycles. The number of hydrogen-bond donors (Lipinski definition) is 0. The number of hydrogen-bond acceptors (Lipinski definition) is 4. The zero-order valence-electron chi connectivity index (χ0n) is 16.2. The summed E-state index contributed by atoms with van der Waals surface area (Å²) in [4.78, 5) is 14.4. The van der Waals surface area contributed by atoms with Gasteiger partial charge in [0.2, 0.25) is 0 Å². The summed E-state index contributed by atoms with van der Waals surface area (Å²) in [6.07, 6.45) is 2.27. The van der Waals surface area contributed by atoms with Crippen molar-refractivity contribution in [3.8, 4) is 5.75 Å². The molecule has 1 amide bonds. The van der Waals surface area contributed by atoms with Gasteiger partial charge in [0.05, 0.1) is 19.9 Å². The monoisotopic (exact) mass is 382 g/mol. The van der Waals surface area contributed by atoms with Crippen LogP contribution in [0.2, 0.25) is 0 Å². The van der Waals surface area contributed by atoms with Gasteiger partial charge in [-0.15, -0.1) is 5.10 Å². The molecule has 0 radical (unpaired) electrons. The van der Waals surface area contributed by atoms with Crippen LogP contribution in [-0.2, 0) is 13.0 Å².